The lowest BCUT2D eigenvalue weighted by atomic mass is 10.0. The quantitative estimate of drug-likeness (QED) is 0.689. The van der Waals surface area contributed by atoms with Crippen molar-refractivity contribution in [3.05, 3.63) is 35.4 Å². The van der Waals surface area contributed by atoms with Gasteiger partial charge in [-0.05, 0) is 37.3 Å². The van der Waals surface area contributed by atoms with E-state index in [9.17, 15) is 0 Å². The van der Waals surface area contributed by atoms with E-state index in [1.54, 1.807) is 0 Å². The van der Waals surface area contributed by atoms with Crippen LogP contribution < -0.4 is 5.32 Å². The summed E-state index contributed by atoms with van der Waals surface area (Å²) in [4.78, 5) is 7.05. The molecule has 0 amide bonds. The third-order valence-electron chi connectivity index (χ3n) is 4.63. The number of guanidine groups is 1. The molecule has 3 rings (SSSR count). The van der Waals surface area contributed by atoms with E-state index in [1.165, 1.54) is 17.5 Å². The van der Waals surface area contributed by atoms with Crippen LogP contribution in [0.3, 0.4) is 0 Å². The first-order chi connectivity index (χ1) is 10.7. The lowest BCUT2D eigenvalue weighted by Crippen LogP contribution is -2.49. The highest BCUT2D eigenvalue weighted by atomic mass is 16.5. The largest absolute Gasteiger partial charge is 0.370 e. The van der Waals surface area contributed by atoms with Gasteiger partial charge in [-0.3, -0.25) is 4.99 Å². The van der Waals surface area contributed by atoms with Crippen molar-refractivity contribution < 1.29 is 4.74 Å². The Hall–Kier alpha value is -1.55. The monoisotopic (exact) mass is 301 g/mol. The zero-order chi connectivity index (χ0) is 15.5. The molecule has 2 fully saturated rings. The van der Waals surface area contributed by atoms with Gasteiger partial charge in [-0.15, -0.1) is 0 Å². The van der Waals surface area contributed by atoms with Crippen LogP contribution in [0.15, 0.2) is 29.3 Å². The number of aryl methyl sites for hydroxylation is 1. The SMILES string of the molecule is CCN=C(NC1CC1C)N1CCOC(c2ccccc2C)C1. The first kappa shape index (κ1) is 15.3. The molecule has 3 atom stereocenters. The molecule has 3 unspecified atom stereocenters. The highest BCUT2D eigenvalue weighted by Crippen LogP contribution is 2.30. The van der Waals surface area contributed by atoms with E-state index in [2.05, 4.69) is 60.2 Å². The van der Waals surface area contributed by atoms with Crippen molar-refractivity contribution in [2.75, 3.05) is 26.2 Å². The lowest BCUT2D eigenvalue weighted by Gasteiger charge is -2.36. The number of aliphatic imine (C=N–C) groups is 1. The normalized spacial score (nSPS) is 28.6. The summed E-state index contributed by atoms with van der Waals surface area (Å²) in [6, 6.07) is 9.11. The van der Waals surface area contributed by atoms with Crippen LogP contribution >= 0.6 is 0 Å². The van der Waals surface area contributed by atoms with E-state index >= 15 is 0 Å². The Labute approximate surface area is 133 Å². The van der Waals surface area contributed by atoms with E-state index in [0.717, 1.165) is 38.1 Å². The topological polar surface area (TPSA) is 36.9 Å². The van der Waals surface area contributed by atoms with Gasteiger partial charge in [-0.1, -0.05) is 31.2 Å². The Kier molecular flexibility index (Phi) is 4.67. The number of morpholine rings is 1. The summed E-state index contributed by atoms with van der Waals surface area (Å²) in [6.45, 7) is 9.89. The fourth-order valence-corrected chi connectivity index (χ4v) is 3.05. The molecule has 4 nitrogen and oxygen atoms in total. The van der Waals surface area contributed by atoms with E-state index < -0.39 is 0 Å². The van der Waals surface area contributed by atoms with Crippen LogP contribution in [0.1, 0.15) is 37.5 Å². The second kappa shape index (κ2) is 6.69. The van der Waals surface area contributed by atoms with Gasteiger partial charge in [0.1, 0.15) is 6.10 Å². The van der Waals surface area contributed by atoms with Gasteiger partial charge in [0.2, 0.25) is 0 Å². The molecule has 0 aromatic heterocycles. The van der Waals surface area contributed by atoms with E-state index in [4.69, 9.17) is 4.74 Å². The minimum Gasteiger partial charge on any atom is -0.370 e. The molecule has 4 heteroatoms. The van der Waals surface area contributed by atoms with Crippen LogP contribution in [-0.4, -0.2) is 43.1 Å². The molecular weight excluding hydrogens is 274 g/mol. The number of rotatable bonds is 3. The van der Waals surface area contributed by atoms with Gasteiger partial charge in [0.25, 0.3) is 0 Å². The molecule has 1 aliphatic carbocycles. The van der Waals surface area contributed by atoms with Gasteiger partial charge in [0.15, 0.2) is 5.96 Å². The van der Waals surface area contributed by atoms with E-state index in [0.29, 0.717) is 6.04 Å². The van der Waals surface area contributed by atoms with E-state index in [-0.39, 0.29) is 6.10 Å². The second-order valence-corrected chi connectivity index (χ2v) is 6.42. The summed E-state index contributed by atoms with van der Waals surface area (Å²) < 4.78 is 6.02. The molecule has 1 saturated carbocycles. The fraction of sp³-hybridized carbons (Fsp3) is 0.611. The van der Waals surface area contributed by atoms with Gasteiger partial charge in [-0.25, -0.2) is 0 Å². The fourth-order valence-electron chi connectivity index (χ4n) is 3.05. The van der Waals surface area contributed by atoms with Crippen molar-refractivity contribution in [1.29, 1.82) is 0 Å². The number of benzene rings is 1. The summed E-state index contributed by atoms with van der Waals surface area (Å²) in [7, 11) is 0. The molecule has 1 heterocycles. The number of hydrogen-bond acceptors (Lipinski definition) is 2. The van der Waals surface area contributed by atoms with Gasteiger partial charge in [-0.2, -0.15) is 0 Å². The standard InChI is InChI=1S/C18H27N3O/c1-4-19-18(20-16-11-14(16)3)21-9-10-22-17(12-21)15-8-6-5-7-13(15)2/h5-8,14,16-17H,4,9-12H2,1-3H3,(H,19,20). The highest BCUT2D eigenvalue weighted by Gasteiger charge is 2.35. The second-order valence-electron chi connectivity index (χ2n) is 6.42. The van der Waals surface area contributed by atoms with Crippen LogP contribution in [-0.2, 0) is 4.74 Å². The summed E-state index contributed by atoms with van der Waals surface area (Å²) in [5, 5.41) is 3.62. The zero-order valence-electron chi connectivity index (χ0n) is 13.9. The Morgan fingerprint density at radius 1 is 1.41 bits per heavy atom. The van der Waals surface area contributed by atoms with Crippen molar-refractivity contribution in [3.8, 4) is 0 Å². The molecule has 120 valence electrons. The smallest absolute Gasteiger partial charge is 0.194 e. The Balaban J connectivity index is 1.71. The molecule has 1 N–H and O–H groups in total. The molecule has 1 aliphatic heterocycles. The van der Waals surface area contributed by atoms with Crippen molar-refractivity contribution in [1.82, 2.24) is 10.2 Å². The van der Waals surface area contributed by atoms with Gasteiger partial charge in [0.05, 0.1) is 13.2 Å². The summed E-state index contributed by atoms with van der Waals surface area (Å²) in [5.41, 5.74) is 2.59. The van der Waals surface area contributed by atoms with Crippen molar-refractivity contribution in [3.63, 3.8) is 0 Å². The molecule has 1 aromatic rings. The summed E-state index contributed by atoms with van der Waals surface area (Å²) >= 11 is 0. The Morgan fingerprint density at radius 2 is 2.18 bits per heavy atom. The predicted molar refractivity (Wildman–Crippen MR) is 90.1 cm³/mol. The van der Waals surface area contributed by atoms with Crippen LogP contribution in [0.5, 0.6) is 0 Å². The number of nitrogens with zero attached hydrogens (tertiary/aromatic N) is 2. The maximum absolute atomic E-state index is 6.02. The molecule has 2 aliphatic rings. The van der Waals surface area contributed by atoms with Crippen molar-refractivity contribution >= 4 is 5.96 Å². The van der Waals surface area contributed by atoms with Crippen LogP contribution in [0.2, 0.25) is 0 Å². The summed E-state index contributed by atoms with van der Waals surface area (Å²) in [6.07, 6.45) is 1.39. The third kappa shape index (κ3) is 3.43. The van der Waals surface area contributed by atoms with Crippen molar-refractivity contribution in [2.45, 2.75) is 39.3 Å². The van der Waals surface area contributed by atoms with Gasteiger partial charge >= 0.3 is 0 Å². The van der Waals surface area contributed by atoms with Gasteiger partial charge < -0.3 is 15.0 Å². The van der Waals surface area contributed by atoms with Crippen LogP contribution in [0.4, 0.5) is 0 Å². The molecule has 22 heavy (non-hydrogen) atoms. The van der Waals surface area contributed by atoms with Gasteiger partial charge in [0, 0.05) is 19.1 Å². The maximum atomic E-state index is 6.02. The van der Waals surface area contributed by atoms with Crippen molar-refractivity contribution in [2.24, 2.45) is 10.9 Å². The molecular formula is C18H27N3O. The number of nitrogens with one attached hydrogen (secondary N) is 1. The van der Waals surface area contributed by atoms with E-state index in [1.807, 2.05) is 0 Å². The lowest BCUT2D eigenvalue weighted by molar-refractivity contribution is -0.00840. The minimum atomic E-state index is 0.135. The maximum Gasteiger partial charge on any atom is 0.194 e. The Bertz CT molecular complexity index is 543. The number of ether oxygens (including phenoxy) is 1. The number of hydrogen-bond donors (Lipinski definition) is 1. The summed E-state index contributed by atoms with van der Waals surface area (Å²) in [5.74, 6) is 1.83. The minimum absolute atomic E-state index is 0.135. The average Bonchev–Trinajstić information content (AvgIpc) is 3.23. The molecule has 0 spiro atoms. The average molecular weight is 301 g/mol. The first-order valence-corrected chi connectivity index (χ1v) is 8.42. The first-order valence-electron chi connectivity index (χ1n) is 8.42. The predicted octanol–water partition coefficient (Wildman–Crippen LogP) is 2.74. The molecule has 0 bridgehead atoms. The van der Waals surface area contributed by atoms with Crippen LogP contribution in [0.25, 0.3) is 0 Å². The molecule has 1 aromatic carbocycles. The molecule has 1 saturated heterocycles. The molecule has 0 radical (unpaired) electrons. The zero-order valence-corrected chi connectivity index (χ0v) is 13.9. The highest BCUT2D eigenvalue weighted by molar-refractivity contribution is 5.80. The third-order valence-corrected chi connectivity index (χ3v) is 4.63. The van der Waals surface area contributed by atoms with Crippen LogP contribution in [0, 0.1) is 12.8 Å². The Morgan fingerprint density at radius 3 is 2.86 bits per heavy atom.